The molecule has 2 N–H and O–H groups in total. The molecule has 0 saturated carbocycles. The van der Waals surface area contributed by atoms with Crippen molar-refractivity contribution in [2.75, 3.05) is 0 Å². The Morgan fingerprint density at radius 3 is 2.85 bits per heavy atom. The normalized spacial score (nSPS) is 11.9. The molecular weight excluding hydrogens is 369 g/mol. The van der Waals surface area contributed by atoms with Crippen molar-refractivity contribution in [3.8, 4) is 5.69 Å². The Labute approximate surface area is 154 Å². The molecule has 9 heteroatoms. The van der Waals surface area contributed by atoms with Crippen LogP contribution in [0.2, 0.25) is 0 Å². The van der Waals surface area contributed by atoms with Crippen molar-refractivity contribution in [3.05, 3.63) is 72.1 Å². The highest BCUT2D eigenvalue weighted by Gasteiger charge is 2.18. The number of benzene rings is 2. The van der Waals surface area contributed by atoms with Gasteiger partial charge in [-0.15, -0.1) is 0 Å². The van der Waals surface area contributed by atoms with Gasteiger partial charge in [0.25, 0.3) is 0 Å². The van der Waals surface area contributed by atoms with E-state index in [1.54, 1.807) is 48.3 Å². The largest absolute Gasteiger partial charge is 0.341 e. The summed E-state index contributed by atoms with van der Waals surface area (Å²) in [7, 11) is -3.77. The summed E-state index contributed by atoms with van der Waals surface area (Å²) in [5.41, 5.74) is 2.35. The van der Waals surface area contributed by atoms with Gasteiger partial charge in [-0.2, -0.15) is 5.10 Å². The summed E-state index contributed by atoms with van der Waals surface area (Å²) in [6.45, 7) is 1.69. The maximum absolute atomic E-state index is 13.3. The van der Waals surface area contributed by atoms with Gasteiger partial charge in [-0.3, -0.25) is 0 Å². The van der Waals surface area contributed by atoms with Crippen LogP contribution in [0.3, 0.4) is 0 Å². The third kappa shape index (κ3) is 3.46. The first-order chi connectivity index (χ1) is 12.9. The molecule has 27 heavy (non-hydrogen) atoms. The molecule has 0 amide bonds. The lowest BCUT2D eigenvalue weighted by Gasteiger charge is -2.10. The van der Waals surface area contributed by atoms with Crippen LogP contribution in [0.4, 0.5) is 4.39 Å². The van der Waals surface area contributed by atoms with Crippen LogP contribution in [0, 0.1) is 12.7 Å². The van der Waals surface area contributed by atoms with E-state index in [-0.39, 0.29) is 17.3 Å². The van der Waals surface area contributed by atoms with Gasteiger partial charge in [0.15, 0.2) is 0 Å². The minimum Gasteiger partial charge on any atom is -0.341 e. The number of imidazole rings is 1. The molecule has 0 saturated heterocycles. The van der Waals surface area contributed by atoms with Crippen molar-refractivity contribution in [3.63, 3.8) is 0 Å². The van der Waals surface area contributed by atoms with Crippen molar-refractivity contribution < 1.29 is 12.8 Å². The Balaban J connectivity index is 1.60. The van der Waals surface area contributed by atoms with Crippen LogP contribution in [-0.4, -0.2) is 28.2 Å². The van der Waals surface area contributed by atoms with Crippen molar-refractivity contribution in [2.45, 2.75) is 18.4 Å². The van der Waals surface area contributed by atoms with Gasteiger partial charge in [-0.1, -0.05) is 6.07 Å². The van der Waals surface area contributed by atoms with E-state index in [0.29, 0.717) is 28.1 Å². The van der Waals surface area contributed by atoms with Crippen molar-refractivity contribution in [1.82, 2.24) is 24.5 Å². The number of sulfonamides is 1. The zero-order chi connectivity index (χ0) is 19.0. The number of nitrogens with one attached hydrogen (secondary N) is 2. The maximum Gasteiger partial charge on any atom is 0.241 e. The van der Waals surface area contributed by atoms with Crippen LogP contribution in [0.5, 0.6) is 0 Å². The predicted octanol–water partition coefficient (Wildman–Crippen LogP) is 2.67. The van der Waals surface area contributed by atoms with Crippen LogP contribution in [-0.2, 0) is 16.6 Å². The van der Waals surface area contributed by atoms with Crippen LogP contribution in [0.15, 0.2) is 59.8 Å². The summed E-state index contributed by atoms with van der Waals surface area (Å²) in [5, 5.41) is 4.12. The van der Waals surface area contributed by atoms with E-state index in [1.165, 1.54) is 18.2 Å². The molecule has 4 aromatic rings. The molecule has 4 rings (SSSR count). The van der Waals surface area contributed by atoms with Gasteiger partial charge in [0.2, 0.25) is 10.0 Å². The summed E-state index contributed by atoms with van der Waals surface area (Å²) in [5.74, 6) is 0.0180. The highest BCUT2D eigenvalue weighted by Crippen LogP contribution is 2.20. The Morgan fingerprint density at radius 2 is 2.07 bits per heavy atom. The van der Waals surface area contributed by atoms with E-state index >= 15 is 0 Å². The number of aryl methyl sites for hydroxylation is 1. The fourth-order valence-electron chi connectivity index (χ4n) is 2.80. The van der Waals surface area contributed by atoms with E-state index < -0.39 is 10.0 Å². The molecule has 0 spiro atoms. The Bertz CT molecular complexity index is 1220. The Kier molecular flexibility index (Phi) is 4.25. The summed E-state index contributed by atoms with van der Waals surface area (Å²) >= 11 is 0. The van der Waals surface area contributed by atoms with Gasteiger partial charge in [-0.05, 0) is 48.9 Å². The minimum atomic E-state index is -3.77. The fraction of sp³-hybridized carbons (Fsp3) is 0.111. The third-order valence-electron chi connectivity index (χ3n) is 4.15. The van der Waals surface area contributed by atoms with E-state index in [0.717, 1.165) is 0 Å². The average Bonchev–Trinajstić information content (AvgIpc) is 3.29. The quantitative estimate of drug-likeness (QED) is 0.552. The van der Waals surface area contributed by atoms with E-state index in [4.69, 9.17) is 0 Å². The smallest absolute Gasteiger partial charge is 0.241 e. The molecule has 7 nitrogen and oxygen atoms in total. The molecule has 0 radical (unpaired) electrons. The first kappa shape index (κ1) is 17.4. The van der Waals surface area contributed by atoms with Gasteiger partial charge < -0.3 is 4.98 Å². The van der Waals surface area contributed by atoms with Crippen LogP contribution < -0.4 is 4.72 Å². The van der Waals surface area contributed by atoms with Gasteiger partial charge in [0.1, 0.15) is 11.6 Å². The second-order valence-corrected chi connectivity index (χ2v) is 7.81. The summed E-state index contributed by atoms with van der Waals surface area (Å²) in [6.07, 6.45) is 3.36. The highest BCUT2D eigenvalue weighted by molar-refractivity contribution is 7.89. The van der Waals surface area contributed by atoms with Crippen molar-refractivity contribution in [1.29, 1.82) is 0 Å². The number of H-pyrrole nitrogens is 1. The number of nitrogens with zero attached hydrogens (tertiary/aromatic N) is 3. The zero-order valence-electron chi connectivity index (χ0n) is 14.3. The second-order valence-electron chi connectivity index (χ2n) is 6.07. The minimum absolute atomic E-state index is 0.0376. The van der Waals surface area contributed by atoms with Gasteiger partial charge in [0.05, 0.1) is 28.2 Å². The van der Waals surface area contributed by atoms with Crippen LogP contribution >= 0.6 is 0 Å². The lowest BCUT2D eigenvalue weighted by Crippen LogP contribution is -2.24. The standard InChI is InChI=1S/C18H16FN5O2S/c1-12-3-5-14(24-8-2-7-20-24)10-17(12)27(25,26)21-11-18-22-15-6-4-13(19)9-16(15)23-18/h2-10,21H,11H2,1H3,(H,22,23). The predicted molar refractivity (Wildman–Crippen MR) is 98.4 cm³/mol. The molecule has 2 aromatic carbocycles. The lowest BCUT2D eigenvalue weighted by molar-refractivity contribution is 0.579. The first-order valence-electron chi connectivity index (χ1n) is 8.17. The van der Waals surface area contributed by atoms with Gasteiger partial charge >= 0.3 is 0 Å². The summed E-state index contributed by atoms with van der Waals surface area (Å²) in [4.78, 5) is 7.35. The van der Waals surface area contributed by atoms with E-state index in [1.807, 2.05) is 0 Å². The molecule has 0 bridgehead atoms. The zero-order valence-corrected chi connectivity index (χ0v) is 15.2. The Morgan fingerprint density at radius 1 is 1.22 bits per heavy atom. The van der Waals surface area contributed by atoms with Gasteiger partial charge in [-0.25, -0.2) is 27.2 Å². The van der Waals surface area contributed by atoms with Crippen LogP contribution in [0.1, 0.15) is 11.4 Å². The first-order valence-corrected chi connectivity index (χ1v) is 9.65. The third-order valence-corrected chi connectivity index (χ3v) is 5.70. The monoisotopic (exact) mass is 385 g/mol. The molecule has 0 aliphatic rings. The summed E-state index contributed by atoms with van der Waals surface area (Å²) < 4.78 is 42.9. The number of fused-ring (bicyclic) bond motifs is 1. The van der Waals surface area contributed by atoms with Crippen molar-refractivity contribution in [2.24, 2.45) is 0 Å². The SMILES string of the molecule is Cc1ccc(-n2cccn2)cc1S(=O)(=O)NCc1nc2ccc(F)cc2[nH]1. The molecule has 0 aliphatic carbocycles. The number of aromatic amines is 1. The maximum atomic E-state index is 13.3. The number of rotatable bonds is 5. The van der Waals surface area contributed by atoms with Crippen LogP contribution in [0.25, 0.3) is 16.7 Å². The number of aromatic nitrogens is 4. The number of hydrogen-bond acceptors (Lipinski definition) is 4. The highest BCUT2D eigenvalue weighted by atomic mass is 32.2. The molecule has 0 aliphatic heterocycles. The molecule has 0 atom stereocenters. The molecule has 138 valence electrons. The second kappa shape index (κ2) is 6.60. The lowest BCUT2D eigenvalue weighted by atomic mass is 10.2. The number of halogens is 1. The van der Waals surface area contributed by atoms with E-state index in [2.05, 4.69) is 19.8 Å². The molecule has 2 heterocycles. The molecule has 0 fully saturated rings. The average molecular weight is 385 g/mol. The molecular formula is C18H16FN5O2S. The Hall–Kier alpha value is -3.04. The summed E-state index contributed by atoms with van der Waals surface area (Å²) in [6, 6.07) is 11.0. The van der Waals surface area contributed by atoms with E-state index in [9.17, 15) is 12.8 Å². The fourth-order valence-corrected chi connectivity index (χ4v) is 4.05. The number of hydrogen-bond donors (Lipinski definition) is 2. The topological polar surface area (TPSA) is 92.7 Å². The van der Waals surface area contributed by atoms with Crippen molar-refractivity contribution >= 4 is 21.1 Å². The molecule has 2 aromatic heterocycles. The van der Waals surface area contributed by atoms with Gasteiger partial charge in [0, 0.05) is 12.4 Å². The molecule has 0 unspecified atom stereocenters.